The molecule has 0 fully saturated rings. The van der Waals surface area contributed by atoms with Gasteiger partial charge >= 0.3 is 0 Å². The zero-order valence-electron chi connectivity index (χ0n) is 12.9. The van der Waals surface area contributed by atoms with Crippen molar-refractivity contribution >= 4 is 23.5 Å². The number of aryl methyl sites for hydroxylation is 1. The maximum atomic E-state index is 12.2. The van der Waals surface area contributed by atoms with Gasteiger partial charge in [0.1, 0.15) is 0 Å². The lowest BCUT2D eigenvalue weighted by molar-refractivity contribution is 0.0959. The molecule has 1 heterocycles. The van der Waals surface area contributed by atoms with Crippen molar-refractivity contribution in [3.63, 3.8) is 0 Å². The van der Waals surface area contributed by atoms with E-state index in [9.17, 15) is 4.79 Å². The largest absolute Gasteiger partial charge is 0.281 e. The summed E-state index contributed by atoms with van der Waals surface area (Å²) in [5.41, 5.74) is 5.33. The van der Waals surface area contributed by atoms with E-state index >= 15 is 0 Å². The van der Waals surface area contributed by atoms with Crippen molar-refractivity contribution in [3.8, 4) is 6.07 Å². The fourth-order valence-electron chi connectivity index (χ4n) is 2.68. The topological polar surface area (TPSA) is 65.2 Å². The van der Waals surface area contributed by atoms with Crippen LogP contribution in [0.2, 0.25) is 0 Å². The lowest BCUT2D eigenvalue weighted by Crippen LogP contribution is -2.16. The van der Waals surface area contributed by atoms with Crippen LogP contribution >= 0.6 is 11.3 Å². The molecule has 1 aromatic heterocycles. The third-order valence-electron chi connectivity index (χ3n) is 3.97. The normalized spacial score (nSPS) is 16.8. The van der Waals surface area contributed by atoms with Crippen molar-refractivity contribution in [1.82, 2.24) is 5.43 Å². The summed E-state index contributed by atoms with van der Waals surface area (Å²) in [5, 5.41) is 12.7. The van der Waals surface area contributed by atoms with Crippen LogP contribution in [0.4, 0.5) is 0 Å². The standard InChI is InChI=1S/C18H17N3OS/c1-12-2-7-16-15(8-12)9-17(23-16)18(22)21-20-11-14-5-3-13(10-19)4-6-14/h3-6,9,11-12H,2,7-8H2,1H3,(H,21,22)/b20-11-/t12-/m0/s1. The average Bonchev–Trinajstić information content (AvgIpc) is 2.98. The molecule has 116 valence electrons. The van der Waals surface area contributed by atoms with Crippen molar-refractivity contribution in [3.05, 3.63) is 56.8 Å². The van der Waals surface area contributed by atoms with Gasteiger partial charge in [-0.1, -0.05) is 19.1 Å². The molecule has 1 N–H and O–H groups in total. The molecule has 0 spiro atoms. The molecule has 1 aromatic carbocycles. The fourth-order valence-corrected chi connectivity index (χ4v) is 3.78. The lowest BCUT2D eigenvalue weighted by atomic mass is 9.90. The molecule has 1 atom stereocenters. The van der Waals surface area contributed by atoms with Gasteiger partial charge in [-0.15, -0.1) is 11.3 Å². The molecule has 2 aromatic rings. The zero-order valence-corrected chi connectivity index (χ0v) is 13.7. The van der Waals surface area contributed by atoms with Crippen LogP contribution in [-0.4, -0.2) is 12.1 Å². The lowest BCUT2D eigenvalue weighted by Gasteiger charge is -2.16. The van der Waals surface area contributed by atoms with E-state index in [4.69, 9.17) is 5.26 Å². The Hall–Kier alpha value is -2.45. The van der Waals surface area contributed by atoms with Crippen molar-refractivity contribution in [2.24, 2.45) is 11.0 Å². The Bertz CT molecular complexity index is 784. The highest BCUT2D eigenvalue weighted by molar-refractivity contribution is 7.14. The number of hydrazone groups is 1. The summed E-state index contributed by atoms with van der Waals surface area (Å²) in [6.45, 7) is 2.25. The van der Waals surface area contributed by atoms with Crippen LogP contribution in [-0.2, 0) is 12.8 Å². The van der Waals surface area contributed by atoms with Crippen LogP contribution in [0.1, 0.15) is 44.6 Å². The maximum Gasteiger partial charge on any atom is 0.281 e. The summed E-state index contributed by atoms with van der Waals surface area (Å²) in [4.78, 5) is 14.2. The zero-order chi connectivity index (χ0) is 16.2. The van der Waals surface area contributed by atoms with Gasteiger partial charge in [0.15, 0.2) is 0 Å². The fraction of sp³-hybridized carbons (Fsp3) is 0.278. The number of nitrogens with zero attached hydrogens (tertiary/aromatic N) is 2. The van der Waals surface area contributed by atoms with Gasteiger partial charge in [0, 0.05) is 4.88 Å². The maximum absolute atomic E-state index is 12.2. The first-order valence-corrected chi connectivity index (χ1v) is 8.42. The quantitative estimate of drug-likeness (QED) is 0.694. The van der Waals surface area contributed by atoms with Gasteiger partial charge in [0.25, 0.3) is 5.91 Å². The Kier molecular flexibility index (Phi) is 4.54. The number of nitriles is 1. The van der Waals surface area contributed by atoms with Crippen molar-refractivity contribution in [2.75, 3.05) is 0 Å². The molecular weight excluding hydrogens is 306 g/mol. The van der Waals surface area contributed by atoms with E-state index in [0.29, 0.717) is 11.5 Å². The number of carbonyl (C=O) groups is 1. The highest BCUT2D eigenvalue weighted by atomic mass is 32.1. The van der Waals surface area contributed by atoms with E-state index in [0.717, 1.165) is 23.3 Å². The Labute approximate surface area is 139 Å². The van der Waals surface area contributed by atoms with Gasteiger partial charge in [-0.3, -0.25) is 4.79 Å². The van der Waals surface area contributed by atoms with Crippen LogP contribution in [0, 0.1) is 17.2 Å². The van der Waals surface area contributed by atoms with Crippen LogP contribution in [0.25, 0.3) is 0 Å². The smallest absolute Gasteiger partial charge is 0.266 e. The second-order valence-corrected chi connectivity index (χ2v) is 6.98. The van der Waals surface area contributed by atoms with E-state index in [1.807, 2.05) is 6.07 Å². The Balaban J connectivity index is 1.63. The van der Waals surface area contributed by atoms with Crippen LogP contribution in [0.15, 0.2) is 35.4 Å². The van der Waals surface area contributed by atoms with Crippen molar-refractivity contribution in [1.29, 1.82) is 5.26 Å². The number of hydrogen-bond donors (Lipinski definition) is 1. The minimum Gasteiger partial charge on any atom is -0.266 e. The van der Waals surface area contributed by atoms with Gasteiger partial charge in [0.2, 0.25) is 0 Å². The molecule has 1 aliphatic carbocycles. The van der Waals surface area contributed by atoms with E-state index in [1.165, 1.54) is 16.9 Å². The molecule has 1 amide bonds. The number of thiophene rings is 1. The predicted octanol–water partition coefficient (Wildman–Crippen LogP) is 3.51. The first-order chi connectivity index (χ1) is 11.2. The number of rotatable bonds is 3. The number of benzene rings is 1. The second-order valence-electron chi connectivity index (χ2n) is 5.84. The van der Waals surface area contributed by atoms with Gasteiger partial charge in [-0.2, -0.15) is 10.4 Å². The monoisotopic (exact) mass is 323 g/mol. The third-order valence-corrected chi connectivity index (χ3v) is 5.21. The average molecular weight is 323 g/mol. The first kappa shape index (κ1) is 15.4. The van der Waals surface area contributed by atoms with Crippen molar-refractivity contribution in [2.45, 2.75) is 26.2 Å². The molecule has 0 saturated carbocycles. The van der Waals surface area contributed by atoms with E-state index in [2.05, 4.69) is 23.5 Å². The molecule has 1 aliphatic rings. The van der Waals surface area contributed by atoms with Gasteiger partial charge < -0.3 is 0 Å². The number of fused-ring (bicyclic) bond motifs is 1. The molecule has 23 heavy (non-hydrogen) atoms. The summed E-state index contributed by atoms with van der Waals surface area (Å²) in [6.07, 6.45) is 4.91. The molecule has 0 unspecified atom stereocenters. The molecule has 4 nitrogen and oxygen atoms in total. The number of carbonyl (C=O) groups excluding carboxylic acids is 1. The molecule has 0 radical (unpaired) electrons. The van der Waals surface area contributed by atoms with Crippen LogP contribution in [0.5, 0.6) is 0 Å². The predicted molar refractivity (Wildman–Crippen MR) is 91.7 cm³/mol. The minimum absolute atomic E-state index is 0.165. The van der Waals surface area contributed by atoms with Gasteiger partial charge in [-0.05, 0) is 54.5 Å². The van der Waals surface area contributed by atoms with Gasteiger partial charge in [0.05, 0.1) is 22.7 Å². The Morgan fingerprint density at radius 2 is 2.22 bits per heavy atom. The number of hydrogen-bond acceptors (Lipinski definition) is 4. The summed E-state index contributed by atoms with van der Waals surface area (Å²) < 4.78 is 0. The first-order valence-electron chi connectivity index (χ1n) is 7.61. The minimum atomic E-state index is -0.165. The highest BCUT2D eigenvalue weighted by Crippen LogP contribution is 2.32. The van der Waals surface area contributed by atoms with Crippen LogP contribution in [0.3, 0.4) is 0 Å². The molecule has 0 aliphatic heterocycles. The highest BCUT2D eigenvalue weighted by Gasteiger charge is 2.20. The van der Waals surface area contributed by atoms with Crippen molar-refractivity contribution < 1.29 is 4.79 Å². The Morgan fingerprint density at radius 1 is 1.43 bits per heavy atom. The Morgan fingerprint density at radius 3 is 2.96 bits per heavy atom. The summed E-state index contributed by atoms with van der Waals surface area (Å²) >= 11 is 1.57. The molecule has 0 saturated heterocycles. The van der Waals surface area contributed by atoms with E-state index in [-0.39, 0.29) is 5.91 Å². The molecule has 5 heteroatoms. The van der Waals surface area contributed by atoms with E-state index in [1.54, 1.807) is 41.8 Å². The van der Waals surface area contributed by atoms with E-state index < -0.39 is 0 Å². The molecular formula is C18H17N3OS. The number of amides is 1. The molecule has 3 rings (SSSR count). The summed E-state index contributed by atoms with van der Waals surface area (Å²) in [7, 11) is 0. The summed E-state index contributed by atoms with van der Waals surface area (Å²) in [5.74, 6) is 0.532. The number of nitrogens with one attached hydrogen (secondary N) is 1. The van der Waals surface area contributed by atoms with Gasteiger partial charge in [-0.25, -0.2) is 5.43 Å². The summed E-state index contributed by atoms with van der Waals surface area (Å²) in [6, 6.07) is 11.1. The van der Waals surface area contributed by atoms with Crippen LogP contribution < -0.4 is 5.43 Å². The SMILES string of the molecule is C[C@H]1CCc2sc(C(=O)N/N=C\c3ccc(C#N)cc3)cc2C1. The second kappa shape index (κ2) is 6.76. The molecule has 0 bridgehead atoms. The third kappa shape index (κ3) is 3.66.